The fraction of sp³-hybridized carbons (Fsp3) is 0.217. The van der Waals surface area contributed by atoms with E-state index in [0.29, 0.717) is 28.3 Å². The number of nitrogens with one attached hydrogen (secondary N) is 1. The Kier molecular flexibility index (Phi) is 6.08. The number of fused-ring (bicyclic) bond motifs is 1. The van der Waals surface area contributed by atoms with Crippen LogP contribution >= 0.6 is 22.9 Å². The van der Waals surface area contributed by atoms with Crippen molar-refractivity contribution in [1.82, 2.24) is 4.90 Å². The Bertz CT molecular complexity index is 1180. The quantitative estimate of drug-likeness (QED) is 0.558. The molecule has 1 aliphatic heterocycles. The number of anilines is 1. The summed E-state index contributed by atoms with van der Waals surface area (Å²) < 4.78 is 24.4. The zero-order chi connectivity index (χ0) is 23.0. The monoisotopic (exact) mass is 474 g/mol. The molecule has 6 nitrogen and oxygen atoms in total. The largest absolute Gasteiger partial charge is 0.493 e. The summed E-state index contributed by atoms with van der Waals surface area (Å²) in [6.07, 6.45) is 0. The van der Waals surface area contributed by atoms with Gasteiger partial charge in [-0.15, -0.1) is 11.3 Å². The molecular weight excluding hydrogens is 455 g/mol. The standard InChI is InChI=1S/C23H20ClFN2O4S/c1-27-21(19-5-4-8-32-19)20(22(28)26-12-6-7-16(25)15(24)9-12)13-10-17(30-2)18(31-3)11-14(13)23(27)29/h4-11,20-21H,1-3H3,(H,26,28)/t20-,21-/m1/s1. The lowest BCUT2D eigenvalue weighted by Crippen LogP contribution is -2.43. The third kappa shape index (κ3) is 3.80. The van der Waals surface area contributed by atoms with Crippen LogP contribution in [-0.2, 0) is 4.79 Å². The maximum Gasteiger partial charge on any atom is 0.254 e. The second-order valence-corrected chi connectivity index (χ2v) is 8.65. The first kappa shape index (κ1) is 22.1. The van der Waals surface area contributed by atoms with E-state index >= 15 is 0 Å². The Morgan fingerprint density at radius 3 is 2.50 bits per heavy atom. The fourth-order valence-electron chi connectivity index (χ4n) is 3.94. The number of carbonyl (C=O) groups excluding carboxylic acids is 2. The van der Waals surface area contributed by atoms with Crippen LogP contribution in [0.25, 0.3) is 0 Å². The zero-order valence-electron chi connectivity index (χ0n) is 17.5. The van der Waals surface area contributed by atoms with Gasteiger partial charge in [0.1, 0.15) is 5.82 Å². The number of benzene rings is 2. The molecule has 0 spiro atoms. The highest BCUT2D eigenvalue weighted by Crippen LogP contribution is 2.46. The van der Waals surface area contributed by atoms with Crippen molar-refractivity contribution in [3.05, 3.63) is 74.7 Å². The van der Waals surface area contributed by atoms with Crippen LogP contribution < -0.4 is 14.8 Å². The lowest BCUT2D eigenvalue weighted by molar-refractivity contribution is -0.119. The van der Waals surface area contributed by atoms with Crippen molar-refractivity contribution in [3.63, 3.8) is 0 Å². The number of rotatable bonds is 5. The molecular formula is C23H20ClFN2O4S. The van der Waals surface area contributed by atoms with E-state index in [9.17, 15) is 14.0 Å². The Morgan fingerprint density at radius 1 is 1.16 bits per heavy atom. The maximum atomic E-state index is 13.6. The molecule has 9 heteroatoms. The molecule has 0 unspecified atom stereocenters. The summed E-state index contributed by atoms with van der Waals surface area (Å²) >= 11 is 7.34. The van der Waals surface area contributed by atoms with Crippen molar-refractivity contribution >= 4 is 40.4 Å². The Hall–Kier alpha value is -3.10. The van der Waals surface area contributed by atoms with Gasteiger partial charge < -0.3 is 19.7 Å². The molecule has 2 atom stereocenters. The number of ether oxygens (including phenoxy) is 2. The molecule has 1 aromatic heterocycles. The third-order valence-electron chi connectivity index (χ3n) is 5.48. The summed E-state index contributed by atoms with van der Waals surface area (Å²) in [5.41, 5.74) is 1.23. The normalized spacial score (nSPS) is 17.7. The van der Waals surface area contributed by atoms with Gasteiger partial charge in [-0.3, -0.25) is 9.59 Å². The van der Waals surface area contributed by atoms with Gasteiger partial charge >= 0.3 is 0 Å². The highest BCUT2D eigenvalue weighted by molar-refractivity contribution is 7.10. The number of likely N-dealkylation sites (N-methyl/N-ethyl adjacent to an activating group) is 1. The van der Waals surface area contributed by atoms with Gasteiger partial charge in [0.25, 0.3) is 5.91 Å². The number of hydrogen-bond donors (Lipinski definition) is 1. The van der Waals surface area contributed by atoms with Crippen LogP contribution in [-0.4, -0.2) is 38.0 Å². The molecule has 166 valence electrons. The molecule has 0 fully saturated rings. The highest BCUT2D eigenvalue weighted by atomic mass is 35.5. The molecule has 0 aliphatic carbocycles. The predicted octanol–water partition coefficient (Wildman–Crippen LogP) is 5.11. The molecule has 1 N–H and O–H groups in total. The summed E-state index contributed by atoms with van der Waals surface area (Å²) in [5, 5.41) is 4.62. The van der Waals surface area contributed by atoms with Crippen molar-refractivity contribution in [2.75, 3.05) is 26.6 Å². The van der Waals surface area contributed by atoms with E-state index < -0.39 is 17.8 Å². The molecule has 2 heterocycles. The van der Waals surface area contributed by atoms with Crippen LogP contribution in [0, 0.1) is 5.82 Å². The first-order valence-electron chi connectivity index (χ1n) is 9.68. The SMILES string of the molecule is COc1cc2c(cc1OC)[C@@H](C(=O)Nc1ccc(F)c(Cl)c1)[C@@H](c1cccs1)N(C)C2=O. The van der Waals surface area contributed by atoms with Crippen LogP contribution in [0.2, 0.25) is 5.02 Å². The van der Waals surface area contributed by atoms with E-state index in [-0.39, 0.29) is 16.8 Å². The van der Waals surface area contributed by atoms with E-state index in [2.05, 4.69) is 5.32 Å². The second-order valence-electron chi connectivity index (χ2n) is 7.27. The molecule has 1 aliphatic rings. The van der Waals surface area contributed by atoms with Crippen LogP contribution in [0.5, 0.6) is 11.5 Å². The number of halogens is 2. The molecule has 2 amide bonds. The lowest BCUT2D eigenvalue weighted by atomic mass is 9.81. The van der Waals surface area contributed by atoms with Crippen molar-refractivity contribution < 1.29 is 23.5 Å². The molecule has 3 aromatic rings. The summed E-state index contributed by atoms with van der Waals surface area (Å²) in [6, 6.07) is 10.5. The molecule has 4 rings (SSSR count). The third-order valence-corrected chi connectivity index (χ3v) is 6.71. The summed E-state index contributed by atoms with van der Waals surface area (Å²) in [7, 11) is 4.65. The number of carbonyl (C=O) groups is 2. The van der Waals surface area contributed by atoms with Crippen LogP contribution in [0.1, 0.15) is 32.8 Å². The van der Waals surface area contributed by atoms with Gasteiger partial charge in [-0.05, 0) is 47.3 Å². The average Bonchev–Trinajstić information content (AvgIpc) is 3.32. The van der Waals surface area contributed by atoms with Crippen LogP contribution in [0.15, 0.2) is 47.8 Å². The first-order chi connectivity index (χ1) is 15.3. The number of hydrogen-bond acceptors (Lipinski definition) is 5. The molecule has 0 saturated heterocycles. The average molecular weight is 475 g/mol. The van der Waals surface area contributed by atoms with Gasteiger partial charge in [0.15, 0.2) is 11.5 Å². The summed E-state index contributed by atoms with van der Waals surface area (Å²) in [5.74, 6) is -1.11. The Balaban J connectivity index is 1.85. The van der Waals surface area contributed by atoms with Gasteiger partial charge in [-0.25, -0.2) is 4.39 Å². The van der Waals surface area contributed by atoms with E-state index in [1.165, 1.54) is 43.8 Å². The maximum absolute atomic E-state index is 13.6. The van der Waals surface area contributed by atoms with E-state index in [1.807, 2.05) is 17.5 Å². The van der Waals surface area contributed by atoms with Crippen molar-refractivity contribution in [3.8, 4) is 11.5 Å². The summed E-state index contributed by atoms with van der Waals surface area (Å²) in [4.78, 5) is 29.2. The highest BCUT2D eigenvalue weighted by Gasteiger charge is 2.44. The van der Waals surface area contributed by atoms with E-state index in [4.69, 9.17) is 21.1 Å². The molecule has 2 aromatic carbocycles. The van der Waals surface area contributed by atoms with Gasteiger partial charge in [0.05, 0.1) is 31.2 Å². The number of methoxy groups -OCH3 is 2. The summed E-state index contributed by atoms with van der Waals surface area (Å²) in [6.45, 7) is 0. The smallest absolute Gasteiger partial charge is 0.254 e. The topological polar surface area (TPSA) is 67.9 Å². The van der Waals surface area contributed by atoms with E-state index in [1.54, 1.807) is 24.1 Å². The molecule has 0 bridgehead atoms. The Labute approximate surface area is 193 Å². The minimum Gasteiger partial charge on any atom is -0.493 e. The minimum atomic E-state index is -0.755. The van der Waals surface area contributed by atoms with Crippen molar-refractivity contribution in [2.24, 2.45) is 0 Å². The number of amides is 2. The molecule has 32 heavy (non-hydrogen) atoms. The second kappa shape index (κ2) is 8.80. The van der Waals surface area contributed by atoms with Crippen molar-refractivity contribution in [2.45, 2.75) is 12.0 Å². The van der Waals surface area contributed by atoms with Gasteiger partial charge in [0, 0.05) is 23.2 Å². The fourth-order valence-corrected chi connectivity index (χ4v) is 5.03. The van der Waals surface area contributed by atoms with Crippen LogP contribution in [0.3, 0.4) is 0 Å². The number of thiophene rings is 1. The van der Waals surface area contributed by atoms with Gasteiger partial charge in [-0.1, -0.05) is 17.7 Å². The van der Waals surface area contributed by atoms with Gasteiger partial charge in [-0.2, -0.15) is 0 Å². The predicted molar refractivity (Wildman–Crippen MR) is 121 cm³/mol. The minimum absolute atomic E-state index is 0.0969. The first-order valence-corrected chi connectivity index (χ1v) is 10.9. The molecule has 0 radical (unpaired) electrons. The van der Waals surface area contributed by atoms with Crippen LogP contribution in [0.4, 0.5) is 10.1 Å². The van der Waals surface area contributed by atoms with E-state index in [0.717, 1.165) is 4.88 Å². The zero-order valence-corrected chi connectivity index (χ0v) is 19.1. The Morgan fingerprint density at radius 2 is 1.88 bits per heavy atom. The lowest BCUT2D eigenvalue weighted by Gasteiger charge is -2.39. The van der Waals surface area contributed by atoms with Gasteiger partial charge in [0.2, 0.25) is 5.91 Å². The van der Waals surface area contributed by atoms with Crippen molar-refractivity contribution in [1.29, 1.82) is 0 Å². The molecule has 0 saturated carbocycles. The number of nitrogens with zero attached hydrogens (tertiary/aromatic N) is 1.